The fraction of sp³-hybridized carbons (Fsp3) is 0.529. The summed E-state index contributed by atoms with van der Waals surface area (Å²) >= 11 is 0. The minimum Gasteiger partial charge on any atom is -0.387 e. The molecule has 1 rings (SSSR count). The van der Waals surface area contributed by atoms with E-state index >= 15 is 0 Å². The number of hydrogen-bond acceptors (Lipinski definition) is 2. The Hall–Kier alpha value is -0.930. The molecule has 0 aliphatic rings. The van der Waals surface area contributed by atoms with Gasteiger partial charge < -0.3 is 5.11 Å². The van der Waals surface area contributed by atoms with Gasteiger partial charge in [-0.15, -0.1) is 0 Å². The summed E-state index contributed by atoms with van der Waals surface area (Å²) in [6, 6.07) is 9.72. The molecule has 0 unspecified atom stereocenters. The molecule has 0 heterocycles. The van der Waals surface area contributed by atoms with Gasteiger partial charge in [-0.05, 0) is 37.8 Å². The summed E-state index contributed by atoms with van der Waals surface area (Å²) in [7, 11) is -1.24. The van der Waals surface area contributed by atoms with Gasteiger partial charge in [0.1, 0.15) is 0 Å². The molecule has 1 aromatic rings. The Morgan fingerprint density at radius 2 is 1.60 bits per heavy atom. The molecule has 0 aliphatic carbocycles. The smallest absolute Gasteiger partial charge is 0.0921 e. The second-order valence-corrected chi connectivity index (χ2v) is 9.34. The number of hydrogen-bond donors (Lipinski definition) is 1. The fourth-order valence-corrected chi connectivity index (χ4v) is 3.23. The average Bonchev–Trinajstić information content (AvgIpc) is 2.33. The van der Waals surface area contributed by atoms with E-state index in [9.17, 15) is 9.32 Å². The van der Waals surface area contributed by atoms with Crippen LogP contribution in [0.4, 0.5) is 0 Å². The lowest BCUT2D eigenvalue weighted by atomic mass is 9.88. The van der Waals surface area contributed by atoms with E-state index in [0.29, 0.717) is 4.91 Å². The van der Waals surface area contributed by atoms with Crippen molar-refractivity contribution in [3.63, 3.8) is 0 Å². The Labute approximate surface area is 125 Å². The van der Waals surface area contributed by atoms with E-state index < -0.39 is 21.7 Å². The predicted octanol–water partition coefficient (Wildman–Crippen LogP) is 3.98. The molecule has 0 saturated carbocycles. The summed E-state index contributed by atoms with van der Waals surface area (Å²) in [4.78, 5) is 0.594. The van der Waals surface area contributed by atoms with Crippen molar-refractivity contribution >= 4 is 16.9 Å². The highest BCUT2D eigenvalue weighted by atomic mass is 32.2. The first-order valence-corrected chi connectivity index (χ1v) is 8.05. The maximum absolute atomic E-state index is 12.7. The zero-order chi connectivity index (χ0) is 15.6. The monoisotopic (exact) mass is 294 g/mol. The molecule has 0 fully saturated rings. The topological polar surface area (TPSA) is 37.3 Å². The third-order valence-corrected chi connectivity index (χ3v) is 4.85. The van der Waals surface area contributed by atoms with E-state index in [1.807, 2.05) is 78.0 Å². The lowest BCUT2D eigenvalue weighted by Gasteiger charge is -2.31. The van der Waals surface area contributed by atoms with Gasteiger partial charge in [-0.25, -0.2) is 0 Å². The highest BCUT2D eigenvalue weighted by Gasteiger charge is 2.33. The standard InChI is InChI=1S/C17H26O2S/c1-16(2,3)15(18)14(20(19)17(4,5)6)12-13-10-8-7-9-11-13/h7-12,15,18H,1-6H3/b14-12+/t15-,20-/m1/s1. The second-order valence-electron chi connectivity index (χ2n) is 7.11. The van der Waals surface area contributed by atoms with Crippen molar-refractivity contribution in [3.05, 3.63) is 40.8 Å². The number of aliphatic hydroxyl groups excluding tert-OH is 1. The Morgan fingerprint density at radius 3 is 2.00 bits per heavy atom. The molecule has 2 nitrogen and oxygen atoms in total. The number of rotatable bonds is 3. The van der Waals surface area contributed by atoms with Crippen molar-refractivity contribution in [2.24, 2.45) is 5.41 Å². The van der Waals surface area contributed by atoms with Gasteiger partial charge in [0, 0.05) is 9.65 Å². The highest BCUT2D eigenvalue weighted by Crippen LogP contribution is 2.32. The normalized spacial score (nSPS) is 16.9. The molecule has 2 atom stereocenters. The average molecular weight is 294 g/mol. The van der Waals surface area contributed by atoms with Crippen LogP contribution in [0.25, 0.3) is 6.08 Å². The minimum atomic E-state index is -1.24. The van der Waals surface area contributed by atoms with Crippen LogP contribution in [0, 0.1) is 5.41 Å². The van der Waals surface area contributed by atoms with Gasteiger partial charge in [-0.1, -0.05) is 51.1 Å². The lowest BCUT2D eigenvalue weighted by molar-refractivity contribution is 0.102. The van der Waals surface area contributed by atoms with E-state index in [-0.39, 0.29) is 5.41 Å². The zero-order valence-electron chi connectivity index (χ0n) is 13.3. The quantitative estimate of drug-likeness (QED) is 0.915. The maximum atomic E-state index is 12.7. The molecular weight excluding hydrogens is 268 g/mol. The first-order chi connectivity index (χ1) is 9.03. The van der Waals surface area contributed by atoms with E-state index in [2.05, 4.69) is 0 Å². The van der Waals surface area contributed by atoms with Crippen molar-refractivity contribution in [1.82, 2.24) is 0 Å². The van der Waals surface area contributed by atoms with E-state index in [4.69, 9.17) is 0 Å². The predicted molar refractivity (Wildman–Crippen MR) is 87.8 cm³/mol. The summed E-state index contributed by atoms with van der Waals surface area (Å²) in [6.07, 6.45) is 1.12. The molecule has 3 heteroatoms. The van der Waals surface area contributed by atoms with E-state index in [1.165, 1.54) is 0 Å². The van der Waals surface area contributed by atoms with Gasteiger partial charge in [0.05, 0.1) is 16.9 Å². The van der Waals surface area contributed by atoms with Crippen molar-refractivity contribution in [1.29, 1.82) is 0 Å². The van der Waals surface area contributed by atoms with Crippen molar-refractivity contribution < 1.29 is 9.32 Å². The summed E-state index contributed by atoms with van der Waals surface area (Å²) in [5.74, 6) is 0. The van der Waals surface area contributed by atoms with Crippen LogP contribution in [0.1, 0.15) is 47.1 Å². The van der Waals surface area contributed by atoms with Gasteiger partial charge in [-0.3, -0.25) is 4.21 Å². The van der Waals surface area contributed by atoms with Crippen LogP contribution in [0.2, 0.25) is 0 Å². The van der Waals surface area contributed by atoms with Crippen molar-refractivity contribution in [2.75, 3.05) is 0 Å². The SMILES string of the molecule is CC(C)(C)[C@H](O)/C(=C\c1ccccc1)[S@@](=O)C(C)(C)C. The fourth-order valence-electron chi connectivity index (χ4n) is 1.73. The van der Waals surface area contributed by atoms with Crippen LogP contribution in [-0.2, 0) is 10.8 Å². The molecule has 112 valence electrons. The molecule has 0 spiro atoms. The Bertz CT molecular complexity index is 490. The molecule has 0 aliphatic heterocycles. The summed E-state index contributed by atoms with van der Waals surface area (Å²) in [6.45, 7) is 11.6. The second kappa shape index (κ2) is 6.23. The first kappa shape index (κ1) is 17.1. The summed E-state index contributed by atoms with van der Waals surface area (Å²) in [5, 5.41) is 10.6. The summed E-state index contributed by atoms with van der Waals surface area (Å²) in [5.41, 5.74) is 0.616. The molecule has 0 radical (unpaired) electrons. The lowest BCUT2D eigenvalue weighted by Crippen LogP contribution is -2.34. The maximum Gasteiger partial charge on any atom is 0.0921 e. The Morgan fingerprint density at radius 1 is 1.10 bits per heavy atom. The molecule has 0 bridgehead atoms. The molecule has 0 amide bonds. The van der Waals surface area contributed by atoms with Crippen LogP contribution >= 0.6 is 0 Å². The molecule has 1 N–H and O–H groups in total. The van der Waals surface area contributed by atoms with Gasteiger partial charge >= 0.3 is 0 Å². The van der Waals surface area contributed by atoms with Crippen LogP contribution in [0.15, 0.2) is 35.2 Å². The van der Waals surface area contributed by atoms with Gasteiger partial charge in [-0.2, -0.15) is 0 Å². The van der Waals surface area contributed by atoms with Crippen molar-refractivity contribution in [3.8, 4) is 0 Å². The molecule has 0 saturated heterocycles. The molecule has 20 heavy (non-hydrogen) atoms. The third-order valence-electron chi connectivity index (χ3n) is 2.97. The minimum absolute atomic E-state index is 0.346. The Balaban J connectivity index is 3.29. The molecule has 0 aromatic heterocycles. The van der Waals surface area contributed by atoms with Crippen LogP contribution in [0.5, 0.6) is 0 Å². The summed E-state index contributed by atoms with van der Waals surface area (Å²) < 4.78 is 12.3. The zero-order valence-corrected chi connectivity index (χ0v) is 14.1. The highest BCUT2D eigenvalue weighted by molar-refractivity contribution is 7.90. The van der Waals surface area contributed by atoms with E-state index in [1.54, 1.807) is 0 Å². The van der Waals surface area contributed by atoms with Crippen LogP contribution in [-0.4, -0.2) is 20.2 Å². The first-order valence-electron chi connectivity index (χ1n) is 6.90. The van der Waals surface area contributed by atoms with Gasteiger partial charge in [0.25, 0.3) is 0 Å². The van der Waals surface area contributed by atoms with Crippen molar-refractivity contribution in [2.45, 2.75) is 52.4 Å². The Kier molecular flexibility index (Phi) is 5.33. The van der Waals surface area contributed by atoms with Crippen LogP contribution < -0.4 is 0 Å². The molecule has 1 aromatic carbocycles. The van der Waals surface area contributed by atoms with E-state index in [0.717, 1.165) is 5.56 Å². The van der Waals surface area contributed by atoms with Gasteiger partial charge in [0.15, 0.2) is 0 Å². The number of benzene rings is 1. The largest absolute Gasteiger partial charge is 0.387 e. The van der Waals surface area contributed by atoms with Crippen LogP contribution in [0.3, 0.4) is 0 Å². The third kappa shape index (κ3) is 4.57. The number of aliphatic hydroxyl groups is 1. The van der Waals surface area contributed by atoms with Gasteiger partial charge in [0.2, 0.25) is 0 Å². The molecular formula is C17H26O2S.